The van der Waals surface area contributed by atoms with Gasteiger partial charge in [-0.1, -0.05) is 42.5 Å². The molecular formula is C17H14BrFN2O2. The number of rotatable bonds is 6. The van der Waals surface area contributed by atoms with Crippen molar-refractivity contribution < 1.29 is 13.9 Å². The zero-order chi connectivity index (χ0) is 16.5. The predicted molar refractivity (Wildman–Crippen MR) is 91.9 cm³/mol. The van der Waals surface area contributed by atoms with Gasteiger partial charge in [-0.2, -0.15) is 5.10 Å². The molecule has 1 amide bonds. The summed E-state index contributed by atoms with van der Waals surface area (Å²) < 4.78 is 19.1. The number of carbonyl (C=O) groups is 1. The normalized spacial score (nSPS) is 11.5. The lowest BCUT2D eigenvalue weighted by molar-refractivity contribution is -0.123. The Bertz CT molecular complexity index is 718. The average molecular weight is 377 g/mol. The van der Waals surface area contributed by atoms with Crippen LogP contribution in [0.15, 0.2) is 64.2 Å². The van der Waals surface area contributed by atoms with E-state index in [0.717, 1.165) is 5.56 Å². The molecule has 4 nitrogen and oxygen atoms in total. The summed E-state index contributed by atoms with van der Waals surface area (Å²) in [6, 6.07) is 15.5. The van der Waals surface area contributed by atoms with E-state index in [-0.39, 0.29) is 12.4 Å². The molecule has 0 spiro atoms. The van der Waals surface area contributed by atoms with E-state index in [0.29, 0.717) is 4.48 Å². The van der Waals surface area contributed by atoms with Crippen LogP contribution >= 0.6 is 15.9 Å². The third-order valence-electron chi connectivity index (χ3n) is 2.68. The van der Waals surface area contributed by atoms with Crippen molar-refractivity contribution in [2.45, 2.75) is 0 Å². The number of ether oxygens (including phenoxy) is 1. The largest absolute Gasteiger partial charge is 0.481 e. The molecule has 0 aliphatic heterocycles. The Kier molecular flexibility index (Phi) is 6.50. The molecule has 0 unspecified atom stereocenters. The van der Waals surface area contributed by atoms with E-state index >= 15 is 0 Å². The lowest BCUT2D eigenvalue weighted by Crippen LogP contribution is -2.24. The van der Waals surface area contributed by atoms with Gasteiger partial charge in [-0.3, -0.25) is 4.79 Å². The number of carbonyl (C=O) groups excluding carboxylic acids is 1. The summed E-state index contributed by atoms with van der Waals surface area (Å²) in [5.74, 6) is -0.973. The number of para-hydroxylation sites is 1. The number of hydrazone groups is 1. The van der Waals surface area contributed by atoms with Crippen molar-refractivity contribution in [1.82, 2.24) is 5.43 Å². The van der Waals surface area contributed by atoms with Gasteiger partial charge in [0.2, 0.25) is 0 Å². The van der Waals surface area contributed by atoms with Crippen LogP contribution in [-0.4, -0.2) is 18.7 Å². The van der Waals surface area contributed by atoms with E-state index in [4.69, 9.17) is 4.74 Å². The maximum atomic E-state index is 13.3. The summed E-state index contributed by atoms with van der Waals surface area (Å²) >= 11 is 3.33. The van der Waals surface area contributed by atoms with Gasteiger partial charge in [0.25, 0.3) is 5.91 Å². The van der Waals surface area contributed by atoms with Crippen LogP contribution in [0.1, 0.15) is 5.56 Å². The summed E-state index contributed by atoms with van der Waals surface area (Å²) in [5, 5.41) is 3.79. The monoisotopic (exact) mass is 376 g/mol. The van der Waals surface area contributed by atoms with Crippen LogP contribution in [0.3, 0.4) is 0 Å². The molecule has 0 saturated carbocycles. The molecule has 0 heterocycles. The van der Waals surface area contributed by atoms with Gasteiger partial charge in [0, 0.05) is 4.48 Å². The Morgan fingerprint density at radius 2 is 1.87 bits per heavy atom. The smallest absolute Gasteiger partial charge is 0.277 e. The molecule has 0 radical (unpaired) electrons. The molecule has 23 heavy (non-hydrogen) atoms. The van der Waals surface area contributed by atoms with Crippen LogP contribution in [0.5, 0.6) is 5.75 Å². The zero-order valence-electron chi connectivity index (χ0n) is 12.1. The maximum Gasteiger partial charge on any atom is 0.277 e. The topological polar surface area (TPSA) is 50.7 Å². The van der Waals surface area contributed by atoms with Gasteiger partial charge in [-0.25, -0.2) is 9.82 Å². The van der Waals surface area contributed by atoms with Gasteiger partial charge < -0.3 is 4.74 Å². The lowest BCUT2D eigenvalue weighted by Gasteiger charge is -2.05. The Labute approximate surface area is 141 Å². The zero-order valence-corrected chi connectivity index (χ0v) is 13.7. The summed E-state index contributed by atoms with van der Waals surface area (Å²) in [6.07, 6.45) is 3.31. The van der Waals surface area contributed by atoms with Gasteiger partial charge in [0.15, 0.2) is 18.2 Å². The third kappa shape index (κ3) is 6.04. The average Bonchev–Trinajstić information content (AvgIpc) is 2.55. The number of benzene rings is 2. The molecular weight excluding hydrogens is 363 g/mol. The van der Waals surface area contributed by atoms with Crippen molar-refractivity contribution in [2.24, 2.45) is 5.10 Å². The Morgan fingerprint density at radius 3 is 2.61 bits per heavy atom. The van der Waals surface area contributed by atoms with Crippen molar-refractivity contribution in [1.29, 1.82) is 0 Å². The molecule has 1 N–H and O–H groups in total. The number of nitrogens with zero attached hydrogens (tertiary/aromatic N) is 1. The fourth-order valence-electron chi connectivity index (χ4n) is 1.65. The third-order valence-corrected chi connectivity index (χ3v) is 3.11. The van der Waals surface area contributed by atoms with E-state index in [9.17, 15) is 9.18 Å². The number of amides is 1. The fourth-order valence-corrected chi connectivity index (χ4v) is 2.02. The van der Waals surface area contributed by atoms with Crippen LogP contribution in [0.2, 0.25) is 0 Å². The first-order valence-corrected chi connectivity index (χ1v) is 7.56. The van der Waals surface area contributed by atoms with Crippen LogP contribution < -0.4 is 10.2 Å². The first-order valence-electron chi connectivity index (χ1n) is 6.76. The molecule has 6 heteroatoms. The highest BCUT2D eigenvalue weighted by Gasteiger charge is 2.05. The Morgan fingerprint density at radius 1 is 1.17 bits per heavy atom. The fraction of sp³-hybridized carbons (Fsp3) is 0.0588. The highest BCUT2D eigenvalue weighted by molar-refractivity contribution is 9.12. The maximum absolute atomic E-state index is 13.3. The highest BCUT2D eigenvalue weighted by Crippen LogP contribution is 2.14. The van der Waals surface area contributed by atoms with Crippen LogP contribution in [0.25, 0.3) is 6.08 Å². The standard InChI is InChI=1S/C17H14BrFN2O2/c18-14(10-13-6-2-1-3-7-13)11-20-21-17(22)12-23-16-9-5-4-8-15(16)19/h1-11H,12H2,(H,21,22)/b14-10-,20-11-. The summed E-state index contributed by atoms with van der Waals surface area (Å²) in [7, 11) is 0. The highest BCUT2D eigenvalue weighted by atomic mass is 79.9. The summed E-state index contributed by atoms with van der Waals surface area (Å²) in [5.41, 5.74) is 3.30. The second kappa shape index (κ2) is 8.85. The van der Waals surface area contributed by atoms with Crippen molar-refractivity contribution in [2.75, 3.05) is 6.61 Å². The second-order valence-electron chi connectivity index (χ2n) is 4.45. The van der Waals surface area contributed by atoms with Gasteiger partial charge in [-0.15, -0.1) is 0 Å². The first kappa shape index (κ1) is 16.9. The SMILES string of the molecule is O=C(COc1ccccc1F)N/N=C\C(Br)=C\c1ccccc1. The quantitative estimate of drug-likeness (QED) is 0.616. The van der Waals surface area contributed by atoms with E-state index in [1.165, 1.54) is 18.3 Å². The van der Waals surface area contributed by atoms with Crippen LogP contribution in [-0.2, 0) is 4.79 Å². The van der Waals surface area contributed by atoms with Crippen molar-refractivity contribution in [3.8, 4) is 5.75 Å². The van der Waals surface area contributed by atoms with E-state index in [2.05, 4.69) is 26.5 Å². The van der Waals surface area contributed by atoms with E-state index < -0.39 is 11.7 Å². The summed E-state index contributed by atoms with van der Waals surface area (Å²) in [6.45, 7) is -0.321. The van der Waals surface area contributed by atoms with Gasteiger partial charge >= 0.3 is 0 Å². The molecule has 0 aliphatic rings. The van der Waals surface area contributed by atoms with E-state index in [1.54, 1.807) is 12.1 Å². The van der Waals surface area contributed by atoms with Crippen LogP contribution in [0.4, 0.5) is 4.39 Å². The molecule has 2 aromatic rings. The minimum atomic E-state index is -0.516. The predicted octanol–water partition coefficient (Wildman–Crippen LogP) is 3.74. The van der Waals surface area contributed by atoms with Crippen LogP contribution in [0, 0.1) is 5.82 Å². The minimum absolute atomic E-state index is 0.0248. The molecule has 2 rings (SSSR count). The first-order chi connectivity index (χ1) is 11.1. The van der Waals surface area contributed by atoms with Gasteiger partial charge in [-0.05, 0) is 39.7 Å². The summed E-state index contributed by atoms with van der Waals surface area (Å²) in [4.78, 5) is 11.6. The Hall–Kier alpha value is -2.47. The molecule has 0 fully saturated rings. The number of hydrogen-bond acceptors (Lipinski definition) is 3. The molecule has 0 atom stereocenters. The number of hydrogen-bond donors (Lipinski definition) is 1. The molecule has 2 aromatic carbocycles. The van der Waals surface area contributed by atoms with E-state index in [1.807, 2.05) is 36.4 Å². The van der Waals surface area contributed by atoms with Crippen molar-refractivity contribution >= 4 is 34.1 Å². The molecule has 118 valence electrons. The van der Waals surface area contributed by atoms with Gasteiger partial charge in [0.1, 0.15) is 0 Å². The molecule has 0 aromatic heterocycles. The number of halogens is 2. The lowest BCUT2D eigenvalue weighted by atomic mass is 10.2. The van der Waals surface area contributed by atoms with Crippen molar-refractivity contribution in [3.63, 3.8) is 0 Å². The molecule has 0 saturated heterocycles. The minimum Gasteiger partial charge on any atom is -0.481 e. The molecule has 0 aliphatic carbocycles. The molecule has 0 bridgehead atoms. The number of allylic oxidation sites excluding steroid dienone is 1. The van der Waals surface area contributed by atoms with Crippen molar-refractivity contribution in [3.05, 3.63) is 70.5 Å². The van der Waals surface area contributed by atoms with Gasteiger partial charge in [0.05, 0.1) is 6.21 Å². The Balaban J connectivity index is 1.80. The number of nitrogens with one attached hydrogen (secondary N) is 1. The second-order valence-corrected chi connectivity index (χ2v) is 5.37.